The molecule has 2 amide bonds. The first-order valence-corrected chi connectivity index (χ1v) is 22.6. The normalized spacial score (nSPS) is 12.8. The summed E-state index contributed by atoms with van der Waals surface area (Å²) in [6.07, 6.45) is 3.89. The molecule has 0 fully saturated rings. The fourth-order valence-corrected chi connectivity index (χ4v) is 8.09. The fourth-order valence-electron chi connectivity index (χ4n) is 8.09. The molecule has 0 saturated heterocycles. The lowest BCUT2D eigenvalue weighted by Gasteiger charge is -2.25. The first-order chi connectivity index (χ1) is 32.1. The largest absolute Gasteiger partial charge is 0.481 e. The number of methoxy groups -OCH3 is 1. The number of carboxylic acid groups (broad SMARTS) is 1. The molecular weight excluding hydrogens is 845 g/mol. The van der Waals surface area contributed by atoms with E-state index in [1.165, 1.54) is 28.4 Å². The highest BCUT2D eigenvalue weighted by molar-refractivity contribution is 5.83. The molecule has 0 aliphatic carbocycles. The second-order valence-corrected chi connectivity index (χ2v) is 17.6. The van der Waals surface area contributed by atoms with E-state index in [-0.39, 0.29) is 47.6 Å². The Labute approximate surface area is 392 Å². The van der Waals surface area contributed by atoms with Crippen LogP contribution in [-0.2, 0) is 23.9 Å². The molecule has 4 atom stereocenters. The number of benzene rings is 4. The molecule has 0 spiro atoms. The summed E-state index contributed by atoms with van der Waals surface area (Å²) in [4.78, 5) is 75.6. The summed E-state index contributed by atoms with van der Waals surface area (Å²) in [7, 11) is 1.33. The Morgan fingerprint density at radius 2 is 0.955 bits per heavy atom. The molecule has 0 bridgehead atoms. The van der Waals surface area contributed by atoms with Crippen molar-refractivity contribution in [2.45, 2.75) is 91.4 Å². The zero-order valence-corrected chi connectivity index (χ0v) is 39.3. The summed E-state index contributed by atoms with van der Waals surface area (Å²) in [6, 6.07) is 38.3. The van der Waals surface area contributed by atoms with Crippen molar-refractivity contribution in [2.75, 3.05) is 7.11 Å². The lowest BCUT2D eigenvalue weighted by Crippen LogP contribution is -2.40. The third kappa shape index (κ3) is 14.3. The summed E-state index contributed by atoms with van der Waals surface area (Å²) in [5.74, 6) is -1.77. The SMILES string of the molecule is COC(=O)C[C@H](NC(=O)[C@@H](CC(C)C)n1ccccc1=O)c1cccc(-c2ccccc2C)c1.Cc1ccccc1-c1cccc([C@H](CC(=O)O)NC(=O)[C@@H](CC(C)C)n2ccccc2=O)c1. The van der Waals surface area contributed by atoms with Crippen LogP contribution in [0.15, 0.2) is 155 Å². The Kier molecular flexibility index (Phi) is 18.3. The Bertz CT molecular complexity index is 2760. The summed E-state index contributed by atoms with van der Waals surface area (Å²) < 4.78 is 7.77. The third-order valence-electron chi connectivity index (χ3n) is 11.5. The van der Waals surface area contributed by atoms with Gasteiger partial charge < -0.3 is 29.6 Å². The monoisotopic (exact) mass is 906 g/mol. The molecule has 3 N–H and O–H groups in total. The van der Waals surface area contributed by atoms with Gasteiger partial charge in [0.2, 0.25) is 11.8 Å². The summed E-state index contributed by atoms with van der Waals surface area (Å²) in [6.45, 7) is 12.0. The van der Waals surface area contributed by atoms with E-state index < -0.39 is 36.1 Å². The molecule has 12 nitrogen and oxygen atoms in total. The number of carbonyl (C=O) groups is 4. The molecule has 0 saturated carbocycles. The van der Waals surface area contributed by atoms with E-state index in [1.807, 2.05) is 139 Å². The number of aryl methyl sites for hydroxylation is 2. The molecule has 6 aromatic rings. The number of hydrogen-bond acceptors (Lipinski definition) is 7. The van der Waals surface area contributed by atoms with Crippen molar-refractivity contribution >= 4 is 23.8 Å². The maximum absolute atomic E-state index is 13.5. The molecule has 350 valence electrons. The Morgan fingerprint density at radius 1 is 0.552 bits per heavy atom. The molecule has 6 rings (SSSR count). The van der Waals surface area contributed by atoms with Crippen molar-refractivity contribution in [3.63, 3.8) is 0 Å². The van der Waals surface area contributed by atoms with Crippen LogP contribution >= 0.6 is 0 Å². The van der Waals surface area contributed by atoms with Crippen LogP contribution in [0.2, 0.25) is 0 Å². The van der Waals surface area contributed by atoms with Crippen molar-refractivity contribution in [2.24, 2.45) is 11.8 Å². The van der Waals surface area contributed by atoms with Crippen molar-refractivity contribution < 1.29 is 29.0 Å². The molecular formula is C55H62N4O8. The number of nitrogens with one attached hydrogen (secondary N) is 2. The first kappa shape index (κ1) is 50.7. The molecule has 0 radical (unpaired) electrons. The number of rotatable bonds is 18. The highest BCUT2D eigenvalue weighted by Gasteiger charge is 2.29. The van der Waals surface area contributed by atoms with Crippen molar-refractivity contribution in [3.8, 4) is 22.3 Å². The molecule has 0 aliphatic rings. The summed E-state index contributed by atoms with van der Waals surface area (Å²) in [5, 5.41) is 15.5. The van der Waals surface area contributed by atoms with Gasteiger partial charge in [0, 0.05) is 24.5 Å². The van der Waals surface area contributed by atoms with Gasteiger partial charge in [-0.05, 0) is 107 Å². The van der Waals surface area contributed by atoms with Gasteiger partial charge in [-0.2, -0.15) is 0 Å². The number of carboxylic acids is 1. The number of ether oxygens (including phenoxy) is 1. The van der Waals surface area contributed by atoms with Gasteiger partial charge in [0.15, 0.2) is 0 Å². The van der Waals surface area contributed by atoms with Crippen LogP contribution in [0.25, 0.3) is 22.3 Å². The average molecular weight is 907 g/mol. The topological polar surface area (TPSA) is 166 Å². The van der Waals surface area contributed by atoms with Crippen LogP contribution in [0.4, 0.5) is 0 Å². The highest BCUT2D eigenvalue weighted by atomic mass is 16.5. The van der Waals surface area contributed by atoms with Crippen LogP contribution in [-0.4, -0.2) is 45.1 Å². The van der Waals surface area contributed by atoms with Gasteiger partial charge in [-0.3, -0.25) is 28.8 Å². The smallest absolute Gasteiger partial charge is 0.307 e. The fraction of sp³-hybridized carbons (Fsp3) is 0.309. The standard InChI is InChI=1S/C28H32N2O4.C27H30N2O4/c1-19(2)16-25(30-15-8-7-14-26(30)31)28(33)29-24(18-27(32)34-4)22-12-9-11-21(17-22)23-13-6-5-10-20(23)3;1-18(2)15-24(29-14-7-6-13-25(29)30)27(33)28-23(17-26(31)32)21-11-8-10-20(16-21)22-12-5-4-9-19(22)3/h5-15,17,19,24-25H,16,18H2,1-4H3,(H,29,33);4-14,16,18,23-24H,15,17H2,1-3H3,(H,28,33)(H,31,32)/t24-,25+;23-,24+/m00/s1. The molecule has 0 unspecified atom stereocenters. The number of carbonyl (C=O) groups excluding carboxylic acids is 3. The van der Waals surface area contributed by atoms with Crippen molar-refractivity contribution in [3.05, 3.63) is 189 Å². The van der Waals surface area contributed by atoms with E-state index in [9.17, 15) is 33.9 Å². The van der Waals surface area contributed by atoms with E-state index >= 15 is 0 Å². The van der Waals surface area contributed by atoms with Crippen LogP contribution in [0.1, 0.15) is 99.8 Å². The molecule has 0 aliphatic heterocycles. The predicted octanol–water partition coefficient (Wildman–Crippen LogP) is 9.57. The minimum Gasteiger partial charge on any atom is -0.481 e. The van der Waals surface area contributed by atoms with Gasteiger partial charge in [0.1, 0.15) is 12.1 Å². The van der Waals surface area contributed by atoms with Crippen LogP contribution in [0.3, 0.4) is 0 Å². The van der Waals surface area contributed by atoms with Crippen LogP contribution in [0, 0.1) is 25.7 Å². The summed E-state index contributed by atoms with van der Waals surface area (Å²) in [5.41, 5.74) is 7.31. The predicted molar refractivity (Wildman–Crippen MR) is 262 cm³/mol. The summed E-state index contributed by atoms with van der Waals surface area (Å²) >= 11 is 0. The van der Waals surface area contributed by atoms with Gasteiger partial charge in [0.25, 0.3) is 11.1 Å². The quantitative estimate of drug-likeness (QED) is 0.0718. The number of hydrogen-bond donors (Lipinski definition) is 3. The second-order valence-electron chi connectivity index (χ2n) is 17.6. The third-order valence-corrected chi connectivity index (χ3v) is 11.5. The number of nitrogens with zero attached hydrogens (tertiary/aromatic N) is 2. The second kappa shape index (κ2) is 24.3. The van der Waals surface area contributed by atoms with E-state index in [1.54, 1.807) is 36.7 Å². The maximum Gasteiger partial charge on any atom is 0.307 e. The van der Waals surface area contributed by atoms with E-state index in [0.29, 0.717) is 18.4 Å². The minimum atomic E-state index is -1.01. The van der Waals surface area contributed by atoms with E-state index in [2.05, 4.69) is 10.6 Å². The lowest BCUT2D eigenvalue weighted by molar-refractivity contribution is -0.142. The van der Waals surface area contributed by atoms with Crippen LogP contribution < -0.4 is 21.8 Å². The van der Waals surface area contributed by atoms with Gasteiger partial charge in [-0.15, -0.1) is 0 Å². The Balaban J connectivity index is 0.000000251. The Hall–Kier alpha value is -7.34. The number of amides is 2. The van der Waals surface area contributed by atoms with E-state index in [4.69, 9.17) is 4.74 Å². The zero-order valence-electron chi connectivity index (χ0n) is 39.3. The average Bonchev–Trinajstić information content (AvgIpc) is 3.30. The van der Waals surface area contributed by atoms with Gasteiger partial charge in [0.05, 0.1) is 32.0 Å². The lowest BCUT2D eigenvalue weighted by atomic mass is 9.95. The molecule has 2 heterocycles. The first-order valence-electron chi connectivity index (χ1n) is 22.6. The van der Waals surface area contributed by atoms with Crippen molar-refractivity contribution in [1.29, 1.82) is 0 Å². The molecule has 2 aromatic heterocycles. The van der Waals surface area contributed by atoms with E-state index in [0.717, 1.165) is 38.9 Å². The number of aliphatic carboxylic acids is 1. The number of aromatic nitrogens is 2. The molecule has 12 heteroatoms. The van der Waals surface area contributed by atoms with Crippen molar-refractivity contribution in [1.82, 2.24) is 19.8 Å². The Morgan fingerprint density at radius 3 is 1.33 bits per heavy atom. The maximum atomic E-state index is 13.5. The van der Waals surface area contributed by atoms with Gasteiger partial charge >= 0.3 is 11.9 Å². The number of pyridine rings is 2. The van der Waals surface area contributed by atoms with Gasteiger partial charge in [-0.1, -0.05) is 125 Å². The highest BCUT2D eigenvalue weighted by Crippen LogP contribution is 2.30. The minimum absolute atomic E-state index is 0.0163. The van der Waals surface area contributed by atoms with Gasteiger partial charge in [-0.25, -0.2) is 0 Å². The molecule has 67 heavy (non-hydrogen) atoms. The van der Waals surface area contributed by atoms with Crippen LogP contribution in [0.5, 0.6) is 0 Å². The number of esters is 1. The zero-order chi connectivity index (χ0) is 48.6. The molecule has 4 aromatic carbocycles.